The van der Waals surface area contributed by atoms with Gasteiger partial charge < -0.3 is 9.84 Å². The predicted molar refractivity (Wildman–Crippen MR) is 119 cm³/mol. The quantitative estimate of drug-likeness (QED) is 0.562. The minimum absolute atomic E-state index is 0.0333. The van der Waals surface area contributed by atoms with Crippen LogP contribution in [0, 0.1) is 0 Å². The van der Waals surface area contributed by atoms with E-state index in [0.29, 0.717) is 5.69 Å². The van der Waals surface area contributed by atoms with E-state index in [1.165, 1.54) is 0 Å². The van der Waals surface area contributed by atoms with E-state index in [4.69, 9.17) is 4.74 Å². The van der Waals surface area contributed by atoms with Crippen molar-refractivity contribution in [2.45, 2.75) is 12.0 Å². The Labute approximate surface area is 180 Å². The Bertz CT molecular complexity index is 1020. The number of carbonyl (C=O) groups is 2. The number of benzene rings is 3. The molecule has 6 heteroatoms. The van der Waals surface area contributed by atoms with Gasteiger partial charge in [-0.05, 0) is 34.4 Å². The maximum atomic E-state index is 13.0. The van der Waals surface area contributed by atoms with Crippen LogP contribution >= 0.6 is 12.6 Å². The molecule has 1 aliphatic rings. The van der Waals surface area contributed by atoms with Crippen molar-refractivity contribution in [3.8, 4) is 11.1 Å². The Morgan fingerprint density at radius 1 is 0.900 bits per heavy atom. The fraction of sp³-hybridized carbons (Fsp3) is 0.167. The number of nitrogens with zero attached hydrogens (tertiary/aromatic N) is 1. The van der Waals surface area contributed by atoms with Crippen molar-refractivity contribution in [2.75, 3.05) is 17.3 Å². The molecule has 1 atom stereocenters. The summed E-state index contributed by atoms with van der Waals surface area (Å²) in [6.45, 7) is 0.120. The van der Waals surface area contributed by atoms with Crippen LogP contribution in [0.4, 0.5) is 10.5 Å². The highest BCUT2D eigenvalue weighted by atomic mass is 32.1. The number of carbonyl (C=O) groups excluding carboxylic acids is 1. The minimum Gasteiger partial charge on any atom is -0.480 e. The zero-order chi connectivity index (χ0) is 21.1. The molecule has 0 aliphatic heterocycles. The van der Waals surface area contributed by atoms with E-state index in [1.54, 1.807) is 30.3 Å². The molecule has 0 fully saturated rings. The van der Waals surface area contributed by atoms with Gasteiger partial charge in [0.25, 0.3) is 0 Å². The van der Waals surface area contributed by atoms with Crippen molar-refractivity contribution < 1.29 is 19.4 Å². The van der Waals surface area contributed by atoms with Gasteiger partial charge in [-0.1, -0.05) is 66.7 Å². The number of hydrogen-bond donors (Lipinski definition) is 2. The normalized spacial score (nSPS) is 13.2. The molecular formula is C24H21NO4S. The van der Waals surface area contributed by atoms with Gasteiger partial charge in [0.2, 0.25) is 0 Å². The third-order valence-electron chi connectivity index (χ3n) is 5.34. The second-order valence-electron chi connectivity index (χ2n) is 7.05. The number of anilines is 1. The predicted octanol–water partition coefficient (Wildman–Crippen LogP) is 4.83. The molecule has 0 aromatic heterocycles. The van der Waals surface area contributed by atoms with Crippen molar-refractivity contribution in [1.29, 1.82) is 0 Å². The molecule has 0 saturated carbocycles. The summed E-state index contributed by atoms with van der Waals surface area (Å²) in [5.41, 5.74) is 4.92. The largest absolute Gasteiger partial charge is 0.480 e. The van der Waals surface area contributed by atoms with Gasteiger partial charge in [0.15, 0.2) is 0 Å². The number of carboxylic acid groups (broad SMARTS) is 1. The zero-order valence-corrected chi connectivity index (χ0v) is 17.0. The van der Waals surface area contributed by atoms with E-state index >= 15 is 0 Å². The molecule has 3 aromatic carbocycles. The van der Waals surface area contributed by atoms with Gasteiger partial charge >= 0.3 is 12.1 Å². The van der Waals surface area contributed by atoms with Crippen LogP contribution in [0.25, 0.3) is 11.1 Å². The third-order valence-corrected chi connectivity index (χ3v) is 5.68. The summed E-state index contributed by atoms with van der Waals surface area (Å²) >= 11 is 4.14. The molecule has 5 nitrogen and oxygen atoms in total. The summed E-state index contributed by atoms with van der Waals surface area (Å²) in [5, 5.41) is 9.60. The molecule has 1 aliphatic carbocycles. The van der Waals surface area contributed by atoms with Crippen LogP contribution in [0.5, 0.6) is 0 Å². The Hall–Kier alpha value is -3.25. The first-order valence-electron chi connectivity index (χ1n) is 9.64. The number of rotatable bonds is 6. The number of carboxylic acids is 1. The summed E-state index contributed by atoms with van der Waals surface area (Å²) in [7, 11) is 0. The van der Waals surface area contributed by atoms with Gasteiger partial charge in [0, 0.05) is 17.4 Å². The maximum Gasteiger partial charge on any atom is 0.415 e. The fourth-order valence-electron chi connectivity index (χ4n) is 3.93. The van der Waals surface area contributed by atoms with Crippen molar-refractivity contribution >= 4 is 30.4 Å². The summed E-state index contributed by atoms with van der Waals surface area (Å²) in [6, 6.07) is 23.6. The van der Waals surface area contributed by atoms with E-state index in [1.807, 2.05) is 36.4 Å². The average Bonchev–Trinajstić information content (AvgIpc) is 3.10. The smallest absolute Gasteiger partial charge is 0.415 e. The summed E-state index contributed by atoms with van der Waals surface area (Å²) < 4.78 is 5.68. The Morgan fingerprint density at radius 3 is 1.97 bits per heavy atom. The number of aliphatic carboxylic acids is 1. The number of hydrogen-bond acceptors (Lipinski definition) is 4. The van der Waals surface area contributed by atoms with E-state index in [2.05, 4.69) is 24.8 Å². The highest BCUT2D eigenvalue weighted by molar-refractivity contribution is 7.80. The van der Waals surface area contributed by atoms with Gasteiger partial charge in [-0.2, -0.15) is 12.6 Å². The van der Waals surface area contributed by atoms with Crippen LogP contribution in [0.2, 0.25) is 0 Å². The molecule has 1 amide bonds. The van der Waals surface area contributed by atoms with Crippen molar-refractivity contribution in [3.05, 3.63) is 90.0 Å². The minimum atomic E-state index is -1.14. The van der Waals surface area contributed by atoms with E-state index in [0.717, 1.165) is 27.2 Å². The molecule has 0 saturated heterocycles. The number of ether oxygens (including phenoxy) is 1. The molecule has 1 N–H and O–H groups in total. The topological polar surface area (TPSA) is 66.8 Å². The monoisotopic (exact) mass is 419 g/mol. The number of thiol groups is 1. The number of fused-ring (bicyclic) bond motifs is 3. The summed E-state index contributed by atoms with van der Waals surface area (Å²) in [6.07, 6.45) is -0.704. The Kier molecular flexibility index (Phi) is 5.77. The van der Waals surface area contributed by atoms with Gasteiger partial charge in [0.1, 0.15) is 12.6 Å². The molecule has 0 heterocycles. The van der Waals surface area contributed by atoms with Crippen LogP contribution in [-0.4, -0.2) is 35.6 Å². The molecule has 1 unspecified atom stereocenters. The zero-order valence-electron chi connectivity index (χ0n) is 16.1. The average molecular weight is 420 g/mol. The fourth-order valence-corrected chi connectivity index (χ4v) is 4.25. The lowest BCUT2D eigenvalue weighted by Crippen LogP contribution is -2.47. The van der Waals surface area contributed by atoms with E-state index in [9.17, 15) is 14.7 Å². The lowest BCUT2D eigenvalue weighted by Gasteiger charge is -2.28. The third kappa shape index (κ3) is 3.66. The molecule has 0 spiro atoms. The van der Waals surface area contributed by atoms with Crippen LogP contribution in [0.3, 0.4) is 0 Å². The van der Waals surface area contributed by atoms with Crippen molar-refractivity contribution in [2.24, 2.45) is 0 Å². The Balaban J connectivity index is 1.61. The van der Waals surface area contributed by atoms with Gasteiger partial charge in [-0.15, -0.1) is 0 Å². The standard InChI is InChI=1S/C24H21NO4S/c26-23(27)22(15-30)25(16-8-2-1-3-9-16)24(28)29-14-21-19-12-6-4-10-17(19)18-11-5-7-13-20(18)21/h1-13,21-22,30H,14-15H2,(H,26,27). The molecule has 30 heavy (non-hydrogen) atoms. The van der Waals surface area contributed by atoms with Crippen LogP contribution < -0.4 is 4.90 Å². The second-order valence-corrected chi connectivity index (χ2v) is 7.41. The second kappa shape index (κ2) is 8.63. The number of para-hydroxylation sites is 1. The maximum absolute atomic E-state index is 13.0. The van der Waals surface area contributed by atoms with Crippen molar-refractivity contribution in [3.63, 3.8) is 0 Å². The van der Waals surface area contributed by atoms with Gasteiger partial charge in [0.05, 0.1) is 0 Å². The molecule has 3 aromatic rings. The van der Waals surface area contributed by atoms with Gasteiger partial charge in [-0.3, -0.25) is 4.90 Å². The SMILES string of the molecule is O=C(O)C(CS)N(C(=O)OCC1c2ccccc2-c2ccccc21)c1ccccc1. The first-order chi connectivity index (χ1) is 14.6. The van der Waals surface area contributed by atoms with Crippen LogP contribution in [-0.2, 0) is 9.53 Å². The van der Waals surface area contributed by atoms with E-state index in [-0.39, 0.29) is 18.3 Å². The highest BCUT2D eigenvalue weighted by Crippen LogP contribution is 2.44. The summed E-state index contributed by atoms with van der Waals surface area (Å²) in [5.74, 6) is -1.27. The first kappa shape index (κ1) is 20.0. The van der Waals surface area contributed by atoms with E-state index < -0.39 is 18.1 Å². The van der Waals surface area contributed by atoms with Crippen LogP contribution in [0.1, 0.15) is 17.0 Å². The molecule has 152 valence electrons. The lowest BCUT2D eigenvalue weighted by molar-refractivity contribution is -0.138. The highest BCUT2D eigenvalue weighted by Gasteiger charge is 2.33. The lowest BCUT2D eigenvalue weighted by atomic mass is 9.98. The van der Waals surface area contributed by atoms with Crippen LogP contribution in [0.15, 0.2) is 78.9 Å². The molecule has 0 bridgehead atoms. The molecule has 0 radical (unpaired) electrons. The Morgan fingerprint density at radius 2 is 1.43 bits per heavy atom. The summed E-state index contributed by atoms with van der Waals surface area (Å²) in [4.78, 5) is 25.9. The number of amides is 1. The first-order valence-corrected chi connectivity index (χ1v) is 10.3. The molecule has 4 rings (SSSR count). The van der Waals surface area contributed by atoms with Gasteiger partial charge in [-0.25, -0.2) is 9.59 Å². The molecular weight excluding hydrogens is 398 g/mol. The van der Waals surface area contributed by atoms with Crippen molar-refractivity contribution in [1.82, 2.24) is 0 Å².